The van der Waals surface area contributed by atoms with Gasteiger partial charge in [0, 0.05) is 16.1 Å². The van der Waals surface area contributed by atoms with E-state index in [1.807, 2.05) is 7.05 Å². The fourth-order valence-electron chi connectivity index (χ4n) is 2.33. The van der Waals surface area contributed by atoms with Gasteiger partial charge < -0.3 is 5.32 Å². The molecule has 21 heavy (non-hydrogen) atoms. The summed E-state index contributed by atoms with van der Waals surface area (Å²) < 4.78 is 14.9. The zero-order valence-corrected chi connectivity index (χ0v) is 14.4. The van der Waals surface area contributed by atoms with Crippen LogP contribution in [0.1, 0.15) is 29.2 Å². The summed E-state index contributed by atoms with van der Waals surface area (Å²) in [7, 11) is 1.84. The van der Waals surface area contributed by atoms with Gasteiger partial charge in [-0.15, -0.1) is 0 Å². The van der Waals surface area contributed by atoms with Crippen LogP contribution in [-0.4, -0.2) is 7.05 Å². The molecule has 4 heteroatoms. The maximum absolute atomic E-state index is 14.3. The average molecular weight is 371 g/mol. The molecule has 0 saturated carbocycles. The van der Waals surface area contributed by atoms with Gasteiger partial charge in [0.15, 0.2) is 0 Å². The van der Waals surface area contributed by atoms with Gasteiger partial charge in [0.25, 0.3) is 0 Å². The summed E-state index contributed by atoms with van der Waals surface area (Å²) in [6, 6.07) is 11.9. The Balaban J connectivity index is 2.13. The van der Waals surface area contributed by atoms with Gasteiger partial charge in [0.2, 0.25) is 0 Å². The van der Waals surface area contributed by atoms with Gasteiger partial charge in [-0.25, -0.2) is 4.39 Å². The molecule has 0 aromatic heterocycles. The van der Waals surface area contributed by atoms with Gasteiger partial charge in [0.05, 0.1) is 5.02 Å². The molecule has 0 spiro atoms. The van der Waals surface area contributed by atoms with Gasteiger partial charge in [-0.3, -0.25) is 0 Å². The lowest BCUT2D eigenvalue weighted by atomic mass is 9.98. The van der Waals surface area contributed by atoms with Crippen molar-refractivity contribution >= 4 is 27.5 Å². The second-order valence-corrected chi connectivity index (χ2v) is 6.36. The molecule has 1 atom stereocenters. The highest BCUT2D eigenvalue weighted by Gasteiger charge is 2.17. The highest BCUT2D eigenvalue weighted by molar-refractivity contribution is 9.10. The Hall–Kier alpha value is -0.900. The van der Waals surface area contributed by atoms with Crippen molar-refractivity contribution in [2.75, 3.05) is 7.05 Å². The summed E-state index contributed by atoms with van der Waals surface area (Å²) in [5.41, 5.74) is 3.11. The van der Waals surface area contributed by atoms with Crippen molar-refractivity contribution in [3.63, 3.8) is 0 Å². The van der Waals surface area contributed by atoms with Crippen LogP contribution in [0.2, 0.25) is 5.02 Å². The molecular formula is C17H18BrClFN. The largest absolute Gasteiger partial charge is 0.313 e. The minimum atomic E-state index is -0.353. The third-order valence-electron chi connectivity index (χ3n) is 3.63. The number of nitrogens with one attached hydrogen (secondary N) is 1. The summed E-state index contributed by atoms with van der Waals surface area (Å²) in [5.74, 6) is -0.353. The van der Waals surface area contributed by atoms with Crippen molar-refractivity contribution in [1.29, 1.82) is 0 Å². The Kier molecular flexibility index (Phi) is 5.80. The summed E-state index contributed by atoms with van der Waals surface area (Å²) >= 11 is 9.21. The molecule has 0 bridgehead atoms. The maximum Gasteiger partial charge on any atom is 0.147 e. The van der Waals surface area contributed by atoms with E-state index in [-0.39, 0.29) is 16.9 Å². The number of hydrogen-bond donors (Lipinski definition) is 1. The molecule has 1 unspecified atom stereocenters. The topological polar surface area (TPSA) is 12.0 Å². The van der Waals surface area contributed by atoms with Crippen molar-refractivity contribution in [3.8, 4) is 0 Å². The SMILES string of the molecule is CNC(CCc1ccc(C)cc1)c1ccc(Br)c(Cl)c1F. The minimum absolute atomic E-state index is 0.0584. The van der Waals surface area contributed by atoms with Crippen LogP contribution in [0.3, 0.4) is 0 Å². The monoisotopic (exact) mass is 369 g/mol. The predicted molar refractivity (Wildman–Crippen MR) is 90.4 cm³/mol. The zero-order valence-electron chi connectivity index (χ0n) is 12.1. The Labute approximate surface area is 138 Å². The molecule has 0 radical (unpaired) electrons. The van der Waals surface area contributed by atoms with Gasteiger partial charge in [-0.2, -0.15) is 0 Å². The molecule has 0 heterocycles. The second kappa shape index (κ2) is 7.39. The molecule has 0 aliphatic heterocycles. The normalized spacial score (nSPS) is 12.4. The van der Waals surface area contributed by atoms with Crippen LogP contribution < -0.4 is 5.32 Å². The van der Waals surface area contributed by atoms with Crippen LogP contribution in [0.4, 0.5) is 4.39 Å². The molecule has 2 rings (SSSR count). The van der Waals surface area contributed by atoms with Gasteiger partial charge in [0.1, 0.15) is 5.82 Å². The Morgan fingerprint density at radius 1 is 1.19 bits per heavy atom. The van der Waals surface area contributed by atoms with Crippen LogP contribution in [0.15, 0.2) is 40.9 Å². The average Bonchev–Trinajstić information content (AvgIpc) is 2.49. The number of benzene rings is 2. The molecule has 2 aromatic carbocycles. The standard InChI is InChI=1S/C17H18BrClFN/c1-11-3-5-12(6-4-11)7-10-15(21-2)13-8-9-14(18)16(19)17(13)20/h3-6,8-9,15,21H,7,10H2,1-2H3. The van der Waals surface area contributed by atoms with Crippen molar-refractivity contribution in [2.45, 2.75) is 25.8 Å². The first-order chi connectivity index (χ1) is 10.0. The van der Waals surface area contributed by atoms with Crippen LogP contribution in [0.5, 0.6) is 0 Å². The first-order valence-corrected chi connectivity index (χ1v) is 8.06. The smallest absolute Gasteiger partial charge is 0.147 e. The molecule has 0 aliphatic rings. The highest BCUT2D eigenvalue weighted by Crippen LogP contribution is 2.31. The second-order valence-electron chi connectivity index (χ2n) is 5.13. The van der Waals surface area contributed by atoms with Gasteiger partial charge in [-0.05, 0) is 54.4 Å². The Morgan fingerprint density at radius 3 is 2.48 bits per heavy atom. The van der Waals surface area contributed by atoms with E-state index in [9.17, 15) is 4.39 Å². The lowest BCUT2D eigenvalue weighted by Gasteiger charge is -2.18. The fourth-order valence-corrected chi connectivity index (χ4v) is 2.81. The van der Waals surface area contributed by atoms with Crippen LogP contribution in [-0.2, 0) is 6.42 Å². The Morgan fingerprint density at radius 2 is 1.86 bits per heavy atom. The zero-order chi connectivity index (χ0) is 15.4. The van der Waals surface area contributed by atoms with E-state index in [4.69, 9.17) is 11.6 Å². The summed E-state index contributed by atoms with van der Waals surface area (Å²) in [6.45, 7) is 2.07. The molecule has 1 N–H and O–H groups in total. The number of hydrogen-bond acceptors (Lipinski definition) is 1. The molecule has 2 aromatic rings. The summed E-state index contributed by atoms with van der Waals surface area (Å²) in [4.78, 5) is 0. The Bertz CT molecular complexity index is 613. The summed E-state index contributed by atoms with van der Waals surface area (Å²) in [6.07, 6.45) is 1.70. The molecule has 0 aliphatic carbocycles. The quantitative estimate of drug-likeness (QED) is 0.691. The van der Waals surface area contributed by atoms with Crippen LogP contribution >= 0.6 is 27.5 Å². The van der Waals surface area contributed by atoms with E-state index in [2.05, 4.69) is 52.4 Å². The first kappa shape index (κ1) is 16.5. The molecule has 112 valence electrons. The van der Waals surface area contributed by atoms with Crippen molar-refractivity contribution in [1.82, 2.24) is 5.32 Å². The van der Waals surface area contributed by atoms with E-state index in [1.54, 1.807) is 12.1 Å². The van der Waals surface area contributed by atoms with E-state index < -0.39 is 0 Å². The first-order valence-electron chi connectivity index (χ1n) is 6.89. The highest BCUT2D eigenvalue weighted by atomic mass is 79.9. The lowest BCUT2D eigenvalue weighted by molar-refractivity contribution is 0.508. The maximum atomic E-state index is 14.3. The summed E-state index contributed by atoms with van der Waals surface area (Å²) in [5, 5.41) is 3.32. The van der Waals surface area contributed by atoms with Crippen LogP contribution in [0, 0.1) is 12.7 Å². The van der Waals surface area contributed by atoms with E-state index in [1.165, 1.54) is 11.1 Å². The number of rotatable bonds is 5. The number of aryl methyl sites for hydroxylation is 2. The molecule has 0 fully saturated rings. The van der Waals surface area contributed by atoms with Gasteiger partial charge in [-0.1, -0.05) is 47.5 Å². The lowest BCUT2D eigenvalue weighted by Crippen LogP contribution is -2.18. The number of halogens is 3. The van der Waals surface area contributed by atoms with Crippen molar-refractivity contribution in [3.05, 3.63) is 68.4 Å². The third-order valence-corrected chi connectivity index (χ3v) is 4.89. The van der Waals surface area contributed by atoms with E-state index >= 15 is 0 Å². The van der Waals surface area contributed by atoms with Crippen molar-refractivity contribution < 1.29 is 4.39 Å². The van der Waals surface area contributed by atoms with E-state index in [0.717, 1.165) is 12.8 Å². The van der Waals surface area contributed by atoms with Crippen LogP contribution in [0.25, 0.3) is 0 Å². The molecule has 0 amide bonds. The van der Waals surface area contributed by atoms with E-state index in [0.29, 0.717) is 10.0 Å². The molecule has 1 nitrogen and oxygen atoms in total. The third kappa shape index (κ3) is 4.06. The fraction of sp³-hybridized carbons (Fsp3) is 0.294. The molecular weight excluding hydrogens is 353 g/mol. The molecule has 0 saturated heterocycles. The predicted octanol–water partition coefficient (Wildman–Crippen LogP) is 5.44. The minimum Gasteiger partial charge on any atom is -0.313 e. The van der Waals surface area contributed by atoms with Gasteiger partial charge >= 0.3 is 0 Å². The van der Waals surface area contributed by atoms with Crippen molar-refractivity contribution in [2.24, 2.45) is 0 Å².